The smallest absolute Gasteiger partial charge is 0.120 e. The number of allylic oxidation sites excluding steroid dienone is 5. The van der Waals surface area contributed by atoms with Gasteiger partial charge in [-0.05, 0) is 25.1 Å². The van der Waals surface area contributed by atoms with E-state index in [2.05, 4.69) is 49.5 Å². The molecule has 2 N–H and O–H groups in total. The summed E-state index contributed by atoms with van der Waals surface area (Å²) in [6.07, 6.45) is 10.6. The number of benzene rings is 1. The molecule has 0 aliphatic heterocycles. The van der Waals surface area contributed by atoms with E-state index in [4.69, 9.17) is 0 Å². The van der Waals surface area contributed by atoms with E-state index in [1.165, 1.54) is 0 Å². The number of nitrogens with one attached hydrogen (secondary N) is 1. The first kappa shape index (κ1) is 21.0. The van der Waals surface area contributed by atoms with Gasteiger partial charge in [0.25, 0.3) is 0 Å². The minimum absolute atomic E-state index is 0.0887. The molecule has 1 aliphatic carbocycles. The highest BCUT2D eigenvalue weighted by Gasteiger charge is 2.10. The van der Waals surface area contributed by atoms with Crippen molar-refractivity contribution in [1.82, 2.24) is 5.32 Å². The van der Waals surface area contributed by atoms with Crippen molar-refractivity contribution in [2.24, 2.45) is 5.41 Å². The van der Waals surface area contributed by atoms with Gasteiger partial charge in [-0.1, -0.05) is 77.5 Å². The summed E-state index contributed by atoms with van der Waals surface area (Å²) in [6, 6.07) is 5.66. The Balaban J connectivity index is 0.00000112. The molecule has 1 aromatic carbocycles. The van der Waals surface area contributed by atoms with Crippen LogP contribution in [0, 0.1) is 12.3 Å². The molecule has 0 bridgehead atoms. The SMILES string of the molecule is CC.CC.Cc1ccc(O)c(CNC2=CC=CC(C)(C)C=C2)c1. The van der Waals surface area contributed by atoms with Crippen molar-refractivity contribution in [2.75, 3.05) is 0 Å². The molecule has 0 heterocycles. The van der Waals surface area contributed by atoms with Crippen LogP contribution in [0.25, 0.3) is 0 Å². The van der Waals surface area contributed by atoms with Crippen molar-refractivity contribution in [3.05, 3.63) is 65.4 Å². The molecule has 2 nitrogen and oxygen atoms in total. The monoisotopic (exact) mass is 315 g/mol. The normalized spacial score (nSPS) is 14.5. The Morgan fingerprint density at radius 2 is 1.70 bits per heavy atom. The third-order valence-corrected chi connectivity index (χ3v) is 3.21. The Kier molecular flexibility index (Phi) is 9.80. The molecule has 2 rings (SSSR count). The molecule has 0 atom stereocenters. The molecule has 0 spiro atoms. The molecular weight excluding hydrogens is 282 g/mol. The van der Waals surface area contributed by atoms with Crippen LogP contribution in [0.5, 0.6) is 5.75 Å². The van der Waals surface area contributed by atoms with Gasteiger partial charge in [0.15, 0.2) is 0 Å². The second kappa shape index (κ2) is 10.7. The zero-order valence-electron chi connectivity index (χ0n) is 15.8. The minimum Gasteiger partial charge on any atom is -0.508 e. The lowest BCUT2D eigenvalue weighted by Gasteiger charge is -2.13. The maximum Gasteiger partial charge on any atom is 0.120 e. The fourth-order valence-corrected chi connectivity index (χ4v) is 1.99. The number of hydrogen-bond donors (Lipinski definition) is 2. The highest BCUT2D eigenvalue weighted by Crippen LogP contribution is 2.22. The van der Waals surface area contributed by atoms with Crippen molar-refractivity contribution >= 4 is 0 Å². The molecular formula is C21H33NO. The van der Waals surface area contributed by atoms with E-state index in [1.54, 1.807) is 6.07 Å². The number of phenolic OH excluding ortho intramolecular Hbond substituents is 1. The molecule has 0 aromatic heterocycles. The van der Waals surface area contributed by atoms with Gasteiger partial charge in [-0.25, -0.2) is 0 Å². The predicted molar refractivity (Wildman–Crippen MR) is 103 cm³/mol. The molecule has 0 unspecified atom stereocenters. The molecule has 0 saturated carbocycles. The summed E-state index contributed by atoms with van der Waals surface area (Å²) >= 11 is 0. The van der Waals surface area contributed by atoms with E-state index < -0.39 is 0 Å². The van der Waals surface area contributed by atoms with Crippen LogP contribution >= 0.6 is 0 Å². The van der Waals surface area contributed by atoms with E-state index in [-0.39, 0.29) is 5.41 Å². The van der Waals surface area contributed by atoms with E-state index in [0.29, 0.717) is 12.3 Å². The van der Waals surface area contributed by atoms with Crippen LogP contribution in [0.15, 0.2) is 54.3 Å². The Morgan fingerprint density at radius 3 is 2.35 bits per heavy atom. The van der Waals surface area contributed by atoms with Crippen molar-refractivity contribution in [1.29, 1.82) is 0 Å². The molecule has 0 radical (unpaired) electrons. The largest absolute Gasteiger partial charge is 0.508 e. The molecule has 2 heteroatoms. The first-order valence-corrected chi connectivity index (χ1v) is 8.57. The second-order valence-electron chi connectivity index (χ2n) is 5.62. The van der Waals surface area contributed by atoms with E-state index in [9.17, 15) is 5.11 Å². The summed E-state index contributed by atoms with van der Waals surface area (Å²) in [7, 11) is 0. The van der Waals surface area contributed by atoms with E-state index in [1.807, 2.05) is 46.8 Å². The molecule has 0 fully saturated rings. The van der Waals surface area contributed by atoms with Crippen LogP contribution in [-0.2, 0) is 6.54 Å². The molecule has 0 amide bonds. The van der Waals surface area contributed by atoms with Gasteiger partial charge in [0.2, 0.25) is 0 Å². The molecule has 1 aliphatic rings. The predicted octanol–water partition coefficient (Wildman–Crippen LogP) is 5.88. The standard InChI is InChI=1S/C17H21NO.2C2H6/c1-13-6-7-16(19)14(11-13)12-18-15-5-4-9-17(2,3)10-8-15;2*1-2/h4-11,18-19H,12H2,1-3H3;2*1-2H3. The van der Waals surface area contributed by atoms with Gasteiger partial charge >= 0.3 is 0 Å². The van der Waals surface area contributed by atoms with E-state index >= 15 is 0 Å². The Morgan fingerprint density at radius 1 is 1.04 bits per heavy atom. The number of rotatable bonds is 3. The highest BCUT2D eigenvalue weighted by atomic mass is 16.3. The van der Waals surface area contributed by atoms with Gasteiger partial charge in [0.1, 0.15) is 5.75 Å². The van der Waals surface area contributed by atoms with Gasteiger partial charge in [-0.15, -0.1) is 0 Å². The third-order valence-electron chi connectivity index (χ3n) is 3.21. The Labute approximate surface area is 142 Å². The molecule has 23 heavy (non-hydrogen) atoms. The number of hydrogen-bond acceptors (Lipinski definition) is 2. The van der Waals surface area contributed by atoms with Crippen LogP contribution in [0.1, 0.15) is 52.7 Å². The number of aromatic hydroxyl groups is 1. The van der Waals surface area contributed by atoms with Gasteiger partial charge in [-0.2, -0.15) is 0 Å². The third kappa shape index (κ3) is 7.73. The highest BCUT2D eigenvalue weighted by molar-refractivity contribution is 5.37. The molecule has 128 valence electrons. The summed E-state index contributed by atoms with van der Waals surface area (Å²) in [5.74, 6) is 0.340. The Hall–Kier alpha value is -1.96. The first-order valence-electron chi connectivity index (χ1n) is 8.57. The lowest BCUT2D eigenvalue weighted by molar-refractivity contribution is 0.466. The van der Waals surface area contributed by atoms with Crippen molar-refractivity contribution in [3.8, 4) is 5.75 Å². The fourth-order valence-electron chi connectivity index (χ4n) is 1.99. The summed E-state index contributed by atoms with van der Waals surface area (Å²) in [5.41, 5.74) is 3.22. The fraction of sp³-hybridized carbons (Fsp3) is 0.429. The van der Waals surface area contributed by atoms with Gasteiger partial charge in [0.05, 0.1) is 0 Å². The quantitative estimate of drug-likeness (QED) is 0.730. The van der Waals surface area contributed by atoms with Crippen LogP contribution < -0.4 is 5.32 Å². The average molecular weight is 316 g/mol. The summed E-state index contributed by atoms with van der Waals surface area (Å²) < 4.78 is 0. The van der Waals surface area contributed by atoms with Gasteiger partial charge in [-0.3, -0.25) is 0 Å². The van der Waals surface area contributed by atoms with Crippen molar-refractivity contribution < 1.29 is 5.11 Å². The maximum atomic E-state index is 9.81. The minimum atomic E-state index is 0.0887. The average Bonchev–Trinajstić information content (AvgIpc) is 2.73. The second-order valence-corrected chi connectivity index (χ2v) is 5.62. The maximum absolute atomic E-state index is 9.81. The summed E-state index contributed by atoms with van der Waals surface area (Å²) in [4.78, 5) is 0. The lowest BCUT2D eigenvalue weighted by Crippen LogP contribution is -2.11. The summed E-state index contributed by atoms with van der Waals surface area (Å²) in [6.45, 7) is 15.0. The topological polar surface area (TPSA) is 32.3 Å². The van der Waals surface area contributed by atoms with Gasteiger partial charge in [0, 0.05) is 23.2 Å². The van der Waals surface area contributed by atoms with E-state index in [0.717, 1.165) is 16.8 Å². The van der Waals surface area contributed by atoms with Crippen LogP contribution in [0.2, 0.25) is 0 Å². The van der Waals surface area contributed by atoms with Crippen molar-refractivity contribution in [3.63, 3.8) is 0 Å². The first-order chi connectivity index (χ1) is 11.0. The van der Waals surface area contributed by atoms with Gasteiger partial charge < -0.3 is 10.4 Å². The Bertz CT molecular complexity index is 551. The van der Waals surface area contributed by atoms with Crippen LogP contribution in [0.4, 0.5) is 0 Å². The number of aryl methyl sites for hydroxylation is 1. The lowest BCUT2D eigenvalue weighted by atomic mass is 9.93. The summed E-state index contributed by atoms with van der Waals surface area (Å²) in [5, 5.41) is 13.2. The van der Waals surface area contributed by atoms with Crippen LogP contribution in [0.3, 0.4) is 0 Å². The van der Waals surface area contributed by atoms with Crippen LogP contribution in [-0.4, -0.2) is 5.11 Å². The molecule has 0 saturated heterocycles. The number of phenols is 1. The van der Waals surface area contributed by atoms with Crippen molar-refractivity contribution in [2.45, 2.75) is 55.0 Å². The molecule has 1 aromatic rings. The zero-order chi connectivity index (χ0) is 17.9. The zero-order valence-corrected chi connectivity index (χ0v) is 15.8.